The van der Waals surface area contributed by atoms with E-state index in [1.807, 2.05) is 6.92 Å². The number of nitrogens with zero attached hydrogens (tertiary/aromatic N) is 4. The third-order valence-corrected chi connectivity index (χ3v) is 4.38. The minimum Gasteiger partial charge on any atom is -0.382 e. The second kappa shape index (κ2) is 13.1. The first kappa shape index (κ1) is 25.7. The van der Waals surface area contributed by atoms with Crippen LogP contribution in [-0.2, 0) is 6.42 Å². The SMILES string of the molecule is CCNC(=NCCCc1nn(-c2ccc(F)cc2)c(N)c1C#N)NCCC(C)C.I. The van der Waals surface area contributed by atoms with Crippen LogP contribution in [-0.4, -0.2) is 35.4 Å². The van der Waals surface area contributed by atoms with Crippen LogP contribution in [0.3, 0.4) is 0 Å². The maximum Gasteiger partial charge on any atom is 0.191 e. The minimum absolute atomic E-state index is 0. The van der Waals surface area contributed by atoms with Crippen LogP contribution in [0.15, 0.2) is 29.3 Å². The second-order valence-corrected chi connectivity index (χ2v) is 7.18. The Hall–Kier alpha value is -2.35. The molecule has 0 saturated heterocycles. The summed E-state index contributed by atoms with van der Waals surface area (Å²) in [7, 11) is 0. The third kappa shape index (κ3) is 7.48. The number of hydrogen-bond donors (Lipinski definition) is 3. The molecule has 2 rings (SSSR count). The number of halogens is 2. The number of guanidine groups is 1. The van der Waals surface area contributed by atoms with Crippen molar-refractivity contribution in [3.05, 3.63) is 41.3 Å². The van der Waals surface area contributed by atoms with Crippen molar-refractivity contribution in [1.29, 1.82) is 5.26 Å². The van der Waals surface area contributed by atoms with E-state index < -0.39 is 0 Å². The standard InChI is InChI=1S/C21H30FN7.HI/c1-4-25-21(27-13-11-15(2)3)26-12-5-6-19-18(14-23)20(24)29(28-19)17-9-7-16(22)8-10-17;/h7-10,15H,4-6,11-13,24H2,1-3H3,(H2,25,26,27);1H. The summed E-state index contributed by atoms with van der Waals surface area (Å²) in [5.74, 6) is 1.36. The van der Waals surface area contributed by atoms with Crippen LogP contribution in [0.2, 0.25) is 0 Å². The maximum absolute atomic E-state index is 13.2. The topological polar surface area (TPSA) is 104 Å². The van der Waals surface area contributed by atoms with E-state index in [1.54, 1.807) is 12.1 Å². The molecule has 9 heteroatoms. The van der Waals surface area contributed by atoms with Gasteiger partial charge in [-0.05, 0) is 56.4 Å². The highest BCUT2D eigenvalue weighted by atomic mass is 127. The molecular formula is C21H31FIN7. The Morgan fingerprint density at radius 2 is 2.00 bits per heavy atom. The average molecular weight is 527 g/mol. The number of aromatic nitrogens is 2. The smallest absolute Gasteiger partial charge is 0.191 e. The number of anilines is 1. The number of rotatable bonds is 9. The molecule has 0 atom stereocenters. The Balaban J connectivity index is 0.00000450. The number of benzene rings is 1. The molecule has 0 fully saturated rings. The van der Waals surface area contributed by atoms with Crippen molar-refractivity contribution in [3.8, 4) is 11.8 Å². The van der Waals surface area contributed by atoms with Gasteiger partial charge in [0, 0.05) is 19.6 Å². The zero-order valence-electron chi connectivity index (χ0n) is 17.8. The van der Waals surface area contributed by atoms with Crippen LogP contribution in [0.1, 0.15) is 44.9 Å². The summed E-state index contributed by atoms with van der Waals surface area (Å²) in [6.45, 7) is 8.69. The molecule has 0 radical (unpaired) electrons. The fourth-order valence-electron chi connectivity index (χ4n) is 2.81. The van der Waals surface area contributed by atoms with Crippen molar-refractivity contribution in [1.82, 2.24) is 20.4 Å². The van der Waals surface area contributed by atoms with Crippen LogP contribution in [0.4, 0.5) is 10.2 Å². The monoisotopic (exact) mass is 527 g/mol. The number of hydrogen-bond acceptors (Lipinski definition) is 4. The summed E-state index contributed by atoms with van der Waals surface area (Å²) in [6.07, 6.45) is 2.39. The molecule has 7 nitrogen and oxygen atoms in total. The fourth-order valence-corrected chi connectivity index (χ4v) is 2.81. The van der Waals surface area contributed by atoms with Crippen LogP contribution in [0.5, 0.6) is 0 Å². The van der Waals surface area contributed by atoms with Crippen LogP contribution >= 0.6 is 24.0 Å². The predicted molar refractivity (Wildman–Crippen MR) is 130 cm³/mol. The Labute approximate surface area is 195 Å². The second-order valence-electron chi connectivity index (χ2n) is 7.18. The van der Waals surface area contributed by atoms with E-state index in [0.717, 1.165) is 31.9 Å². The van der Waals surface area contributed by atoms with Crippen LogP contribution in [0.25, 0.3) is 5.69 Å². The Morgan fingerprint density at radius 1 is 1.30 bits per heavy atom. The van der Waals surface area contributed by atoms with Gasteiger partial charge in [-0.2, -0.15) is 10.4 Å². The number of nitrogens with one attached hydrogen (secondary N) is 2. The van der Waals surface area contributed by atoms with E-state index in [-0.39, 0.29) is 35.6 Å². The van der Waals surface area contributed by atoms with Gasteiger partial charge in [-0.3, -0.25) is 4.99 Å². The van der Waals surface area contributed by atoms with Crippen LogP contribution < -0.4 is 16.4 Å². The highest BCUT2D eigenvalue weighted by Crippen LogP contribution is 2.21. The molecule has 164 valence electrons. The molecule has 0 aliphatic rings. The van der Waals surface area contributed by atoms with Gasteiger partial charge >= 0.3 is 0 Å². The van der Waals surface area contributed by atoms with Crippen molar-refractivity contribution < 1.29 is 4.39 Å². The van der Waals surface area contributed by atoms with Crippen molar-refractivity contribution >= 4 is 35.8 Å². The summed E-state index contributed by atoms with van der Waals surface area (Å²) >= 11 is 0. The molecule has 0 spiro atoms. The van der Waals surface area contributed by atoms with E-state index in [1.165, 1.54) is 16.8 Å². The van der Waals surface area contributed by atoms with Gasteiger partial charge in [0.25, 0.3) is 0 Å². The van der Waals surface area contributed by atoms with Gasteiger partial charge in [-0.25, -0.2) is 9.07 Å². The van der Waals surface area contributed by atoms with Gasteiger partial charge < -0.3 is 16.4 Å². The number of aryl methyl sites for hydroxylation is 1. The van der Waals surface area contributed by atoms with Gasteiger partial charge in [-0.15, -0.1) is 24.0 Å². The highest BCUT2D eigenvalue weighted by Gasteiger charge is 2.16. The highest BCUT2D eigenvalue weighted by molar-refractivity contribution is 14.0. The summed E-state index contributed by atoms with van der Waals surface area (Å²) in [5, 5.41) is 20.5. The van der Waals surface area contributed by atoms with Crippen LogP contribution in [0, 0.1) is 23.1 Å². The summed E-state index contributed by atoms with van der Waals surface area (Å²) in [6, 6.07) is 7.97. The molecule has 0 unspecified atom stereocenters. The molecule has 4 N–H and O–H groups in total. The molecule has 1 aromatic heterocycles. The van der Waals surface area contributed by atoms with Gasteiger partial charge in [0.15, 0.2) is 5.96 Å². The zero-order chi connectivity index (χ0) is 21.2. The van der Waals surface area contributed by atoms with E-state index in [9.17, 15) is 9.65 Å². The Kier molecular flexibility index (Phi) is 11.2. The normalized spacial score (nSPS) is 11.1. The lowest BCUT2D eigenvalue weighted by Crippen LogP contribution is -2.38. The first-order chi connectivity index (χ1) is 14.0. The van der Waals surface area contributed by atoms with Gasteiger partial charge in [0.2, 0.25) is 0 Å². The predicted octanol–water partition coefficient (Wildman–Crippen LogP) is 3.62. The van der Waals surface area contributed by atoms with Crippen molar-refractivity contribution in [2.75, 3.05) is 25.4 Å². The maximum atomic E-state index is 13.2. The van der Waals surface area contributed by atoms with E-state index >= 15 is 0 Å². The Bertz CT molecular complexity index is 853. The molecule has 0 saturated carbocycles. The lowest BCUT2D eigenvalue weighted by Gasteiger charge is -2.12. The molecule has 30 heavy (non-hydrogen) atoms. The number of nitrogens with two attached hydrogens (primary N) is 1. The zero-order valence-corrected chi connectivity index (χ0v) is 20.1. The number of aliphatic imine (C=N–C) groups is 1. The molecular weight excluding hydrogens is 496 g/mol. The summed E-state index contributed by atoms with van der Waals surface area (Å²) in [5.41, 5.74) is 7.70. The summed E-state index contributed by atoms with van der Waals surface area (Å²) < 4.78 is 14.6. The van der Waals surface area contributed by atoms with Gasteiger partial charge in [-0.1, -0.05) is 13.8 Å². The van der Waals surface area contributed by atoms with E-state index in [0.29, 0.717) is 35.8 Å². The van der Waals surface area contributed by atoms with Crippen molar-refractivity contribution in [3.63, 3.8) is 0 Å². The lowest BCUT2D eigenvalue weighted by atomic mass is 10.1. The van der Waals surface area contributed by atoms with Gasteiger partial charge in [0.1, 0.15) is 23.3 Å². The first-order valence-corrected chi connectivity index (χ1v) is 10.0. The molecule has 1 heterocycles. The molecule has 1 aromatic carbocycles. The number of nitriles is 1. The van der Waals surface area contributed by atoms with E-state index in [4.69, 9.17) is 5.73 Å². The molecule has 0 amide bonds. The summed E-state index contributed by atoms with van der Waals surface area (Å²) in [4.78, 5) is 4.58. The third-order valence-electron chi connectivity index (χ3n) is 4.38. The number of nitrogen functional groups attached to an aromatic ring is 1. The van der Waals surface area contributed by atoms with Crippen molar-refractivity contribution in [2.24, 2.45) is 10.9 Å². The van der Waals surface area contributed by atoms with Gasteiger partial charge in [0.05, 0.1) is 11.4 Å². The van der Waals surface area contributed by atoms with E-state index in [2.05, 4.69) is 40.6 Å². The quantitative estimate of drug-likeness (QED) is 0.200. The first-order valence-electron chi connectivity index (χ1n) is 10.0. The van der Waals surface area contributed by atoms with Crippen molar-refractivity contribution in [2.45, 2.75) is 40.0 Å². The Morgan fingerprint density at radius 3 is 2.60 bits per heavy atom. The lowest BCUT2D eigenvalue weighted by molar-refractivity contribution is 0.573. The average Bonchev–Trinajstić information content (AvgIpc) is 3.01. The molecule has 0 aliphatic carbocycles. The molecule has 2 aromatic rings. The fraction of sp³-hybridized carbons (Fsp3) is 0.476. The minimum atomic E-state index is -0.337. The largest absolute Gasteiger partial charge is 0.382 e. The molecule has 0 bridgehead atoms. The molecule has 0 aliphatic heterocycles.